The molecule has 1 aromatic carbocycles. The van der Waals surface area contributed by atoms with Gasteiger partial charge in [-0.15, -0.1) is 0 Å². The highest BCUT2D eigenvalue weighted by molar-refractivity contribution is 6.30. The average Bonchev–Trinajstić information content (AvgIpc) is 2.41. The smallest absolute Gasteiger partial charge is 0.300 e. The summed E-state index contributed by atoms with van der Waals surface area (Å²) in [4.78, 5) is 25.8. The van der Waals surface area contributed by atoms with Gasteiger partial charge in [0.2, 0.25) is 5.69 Å². The number of benzene rings is 1. The maximum absolute atomic E-state index is 11.9. The van der Waals surface area contributed by atoms with Crippen LogP contribution in [0, 0.1) is 10.1 Å². The molecule has 0 radical (unpaired) electrons. The number of carbonyl (C=O) groups excluding carboxylic acids is 1. The predicted molar refractivity (Wildman–Crippen MR) is 70.3 cm³/mol. The summed E-state index contributed by atoms with van der Waals surface area (Å²) in [5.74, 6) is -0.644. The third-order valence-corrected chi connectivity index (χ3v) is 2.55. The molecule has 6 nitrogen and oxygen atoms in total. The summed E-state index contributed by atoms with van der Waals surface area (Å²) >= 11 is 5.72. The van der Waals surface area contributed by atoms with E-state index in [1.165, 1.54) is 18.3 Å². The maximum atomic E-state index is 11.9. The summed E-state index contributed by atoms with van der Waals surface area (Å²) in [7, 11) is 0. The maximum Gasteiger partial charge on any atom is 0.300 e. The van der Waals surface area contributed by atoms with Gasteiger partial charge in [-0.05, 0) is 30.3 Å². The van der Waals surface area contributed by atoms with Crippen molar-refractivity contribution in [3.8, 4) is 0 Å². The van der Waals surface area contributed by atoms with Gasteiger partial charge in [-0.25, -0.2) is 4.98 Å². The van der Waals surface area contributed by atoms with Crippen LogP contribution in [0.15, 0.2) is 42.6 Å². The van der Waals surface area contributed by atoms with Gasteiger partial charge in [-0.1, -0.05) is 11.6 Å². The van der Waals surface area contributed by atoms with E-state index < -0.39 is 10.8 Å². The average molecular weight is 278 g/mol. The molecule has 2 rings (SSSR count). The fraction of sp³-hybridized carbons (Fsp3) is 0. The number of aromatic nitrogens is 1. The summed E-state index contributed by atoms with van der Waals surface area (Å²) < 4.78 is 0. The van der Waals surface area contributed by atoms with Gasteiger partial charge in [0.1, 0.15) is 0 Å². The minimum Gasteiger partial charge on any atom is -0.320 e. The summed E-state index contributed by atoms with van der Waals surface area (Å²) in [6.07, 6.45) is 1.32. The van der Waals surface area contributed by atoms with Crippen LogP contribution in [0.5, 0.6) is 0 Å². The fourth-order valence-corrected chi connectivity index (χ4v) is 1.57. The van der Waals surface area contributed by atoms with Crippen molar-refractivity contribution in [1.82, 2.24) is 4.98 Å². The van der Waals surface area contributed by atoms with Gasteiger partial charge in [-0.3, -0.25) is 14.9 Å². The molecule has 1 N–H and O–H groups in total. The van der Waals surface area contributed by atoms with Gasteiger partial charge in [-0.2, -0.15) is 0 Å². The molecule has 0 saturated heterocycles. The van der Waals surface area contributed by atoms with Gasteiger partial charge in [0, 0.05) is 23.0 Å². The molecular formula is C12H8ClN3O3. The first-order valence-electron chi connectivity index (χ1n) is 5.24. The summed E-state index contributed by atoms with van der Waals surface area (Å²) in [5.41, 5.74) is -0.0919. The molecule has 19 heavy (non-hydrogen) atoms. The van der Waals surface area contributed by atoms with E-state index in [4.69, 9.17) is 11.6 Å². The van der Waals surface area contributed by atoms with Crippen LogP contribution in [0.3, 0.4) is 0 Å². The van der Waals surface area contributed by atoms with Crippen molar-refractivity contribution in [2.45, 2.75) is 0 Å². The van der Waals surface area contributed by atoms with Gasteiger partial charge >= 0.3 is 5.69 Å². The van der Waals surface area contributed by atoms with Gasteiger partial charge < -0.3 is 5.32 Å². The van der Waals surface area contributed by atoms with E-state index in [1.54, 1.807) is 24.3 Å². The highest BCUT2D eigenvalue weighted by Crippen LogP contribution is 2.18. The topological polar surface area (TPSA) is 85.1 Å². The number of amides is 1. The number of anilines is 1. The molecule has 0 bridgehead atoms. The molecule has 1 aromatic heterocycles. The lowest BCUT2D eigenvalue weighted by atomic mass is 10.2. The van der Waals surface area contributed by atoms with E-state index in [0.29, 0.717) is 10.7 Å². The number of hydrogen-bond acceptors (Lipinski definition) is 4. The first-order valence-corrected chi connectivity index (χ1v) is 5.62. The normalized spacial score (nSPS) is 9.95. The quantitative estimate of drug-likeness (QED) is 0.690. The molecule has 7 heteroatoms. The van der Waals surface area contributed by atoms with Crippen LogP contribution in [0.4, 0.5) is 11.4 Å². The van der Waals surface area contributed by atoms with Crippen LogP contribution >= 0.6 is 11.6 Å². The second-order valence-corrected chi connectivity index (χ2v) is 4.03. The van der Waals surface area contributed by atoms with Crippen LogP contribution < -0.4 is 5.32 Å². The van der Waals surface area contributed by atoms with E-state index in [2.05, 4.69) is 10.3 Å². The standard InChI is InChI=1S/C12H8ClN3O3/c13-8-3-5-9(6-4-8)15-12(17)11-10(16(18)19)2-1-7-14-11/h1-7H,(H,15,17). The number of carbonyl (C=O) groups is 1. The summed E-state index contributed by atoms with van der Waals surface area (Å²) in [5, 5.41) is 13.8. The second kappa shape index (κ2) is 5.45. The number of halogens is 1. The van der Waals surface area contributed by atoms with Crippen LogP contribution in [-0.2, 0) is 0 Å². The Morgan fingerprint density at radius 2 is 1.95 bits per heavy atom. The highest BCUT2D eigenvalue weighted by atomic mass is 35.5. The van der Waals surface area contributed by atoms with E-state index in [9.17, 15) is 14.9 Å². The Morgan fingerprint density at radius 3 is 2.58 bits per heavy atom. The van der Waals surface area contributed by atoms with Gasteiger partial charge in [0.15, 0.2) is 0 Å². The SMILES string of the molecule is O=C(Nc1ccc(Cl)cc1)c1ncccc1[N+](=O)[O-]. The van der Waals surface area contributed by atoms with Gasteiger partial charge in [0.05, 0.1) is 4.92 Å². The Labute approximate surface area is 113 Å². The molecule has 2 aromatic rings. The number of rotatable bonds is 3. The number of pyridine rings is 1. The Balaban J connectivity index is 2.25. The molecule has 0 atom stereocenters. The molecule has 1 amide bonds. The zero-order valence-corrected chi connectivity index (χ0v) is 10.3. The lowest BCUT2D eigenvalue weighted by Crippen LogP contribution is -2.15. The molecule has 1 heterocycles. The van der Waals surface area contributed by atoms with E-state index in [-0.39, 0.29) is 11.4 Å². The van der Waals surface area contributed by atoms with Crippen molar-refractivity contribution in [2.75, 3.05) is 5.32 Å². The molecular weight excluding hydrogens is 270 g/mol. The molecule has 0 aliphatic heterocycles. The minimum absolute atomic E-state index is 0.234. The molecule has 0 saturated carbocycles. The van der Waals surface area contributed by atoms with Crippen LogP contribution in [-0.4, -0.2) is 15.8 Å². The second-order valence-electron chi connectivity index (χ2n) is 3.59. The molecule has 0 spiro atoms. The lowest BCUT2D eigenvalue weighted by molar-refractivity contribution is -0.385. The summed E-state index contributed by atoms with van der Waals surface area (Å²) in [6.45, 7) is 0. The van der Waals surface area contributed by atoms with Crippen molar-refractivity contribution in [1.29, 1.82) is 0 Å². The Kier molecular flexibility index (Phi) is 3.72. The minimum atomic E-state index is -0.649. The van der Waals surface area contributed by atoms with Crippen molar-refractivity contribution < 1.29 is 9.72 Å². The monoisotopic (exact) mass is 277 g/mol. The number of nitrogens with zero attached hydrogens (tertiary/aromatic N) is 2. The van der Waals surface area contributed by atoms with Crippen molar-refractivity contribution in [3.63, 3.8) is 0 Å². The molecule has 96 valence electrons. The zero-order chi connectivity index (χ0) is 13.8. The van der Waals surface area contributed by atoms with Crippen molar-refractivity contribution in [3.05, 3.63) is 63.4 Å². The van der Waals surface area contributed by atoms with Crippen molar-refractivity contribution in [2.24, 2.45) is 0 Å². The first kappa shape index (κ1) is 13.0. The van der Waals surface area contributed by atoms with E-state index >= 15 is 0 Å². The number of nitrogens with one attached hydrogen (secondary N) is 1. The van der Waals surface area contributed by atoms with Crippen LogP contribution in [0.2, 0.25) is 5.02 Å². The van der Waals surface area contributed by atoms with Gasteiger partial charge in [0.25, 0.3) is 5.91 Å². The van der Waals surface area contributed by atoms with E-state index in [1.807, 2.05) is 0 Å². The molecule has 0 aliphatic rings. The largest absolute Gasteiger partial charge is 0.320 e. The van der Waals surface area contributed by atoms with Crippen molar-refractivity contribution >= 4 is 28.9 Å². The number of nitro groups is 1. The molecule has 0 aliphatic carbocycles. The Morgan fingerprint density at radius 1 is 1.26 bits per heavy atom. The molecule has 0 fully saturated rings. The third kappa shape index (κ3) is 3.05. The number of hydrogen-bond donors (Lipinski definition) is 1. The first-order chi connectivity index (χ1) is 9.08. The fourth-order valence-electron chi connectivity index (χ4n) is 1.44. The predicted octanol–water partition coefficient (Wildman–Crippen LogP) is 2.90. The molecule has 0 unspecified atom stereocenters. The Hall–Kier alpha value is -2.47. The zero-order valence-electron chi connectivity index (χ0n) is 9.54. The van der Waals surface area contributed by atoms with Crippen LogP contribution in [0.25, 0.3) is 0 Å². The Bertz CT molecular complexity index is 628. The summed E-state index contributed by atoms with van der Waals surface area (Å²) in [6, 6.07) is 9.01. The van der Waals surface area contributed by atoms with Crippen LogP contribution in [0.1, 0.15) is 10.5 Å². The third-order valence-electron chi connectivity index (χ3n) is 2.30. The highest BCUT2D eigenvalue weighted by Gasteiger charge is 2.21. The lowest BCUT2D eigenvalue weighted by Gasteiger charge is -2.04. The van der Waals surface area contributed by atoms with E-state index in [0.717, 1.165) is 0 Å².